The zero-order chi connectivity index (χ0) is 14.7. The van der Waals surface area contributed by atoms with E-state index in [0.29, 0.717) is 0 Å². The van der Waals surface area contributed by atoms with Gasteiger partial charge in [0, 0.05) is 0 Å². The standard InChI is InChI=1S/C19H25N/c1-6-20-19(17-8-7-15(4)16(5)12-17)18-10-13(2)9-14(3)11-18/h7-12,19-20H,6H2,1-5H3. The Morgan fingerprint density at radius 3 is 2.00 bits per heavy atom. The second-order valence-electron chi connectivity index (χ2n) is 5.76. The van der Waals surface area contributed by atoms with Crippen molar-refractivity contribution in [2.45, 2.75) is 40.7 Å². The summed E-state index contributed by atoms with van der Waals surface area (Å²) < 4.78 is 0. The Kier molecular flexibility index (Phi) is 4.61. The fraction of sp³-hybridized carbons (Fsp3) is 0.368. The molecule has 0 aliphatic rings. The Bertz CT molecular complexity index is 578. The third kappa shape index (κ3) is 3.29. The Labute approximate surface area is 123 Å². The van der Waals surface area contributed by atoms with Gasteiger partial charge in [-0.2, -0.15) is 0 Å². The first-order chi connectivity index (χ1) is 9.51. The molecule has 0 radical (unpaired) electrons. The van der Waals surface area contributed by atoms with E-state index >= 15 is 0 Å². The van der Waals surface area contributed by atoms with Crippen LogP contribution in [0.25, 0.3) is 0 Å². The van der Waals surface area contributed by atoms with Gasteiger partial charge in [0.25, 0.3) is 0 Å². The number of hydrogen-bond acceptors (Lipinski definition) is 1. The van der Waals surface area contributed by atoms with Crippen molar-refractivity contribution < 1.29 is 0 Å². The molecule has 1 atom stereocenters. The summed E-state index contributed by atoms with van der Waals surface area (Å²) in [4.78, 5) is 0. The molecule has 0 saturated heterocycles. The van der Waals surface area contributed by atoms with Crippen LogP contribution in [-0.4, -0.2) is 6.54 Å². The minimum absolute atomic E-state index is 0.276. The van der Waals surface area contributed by atoms with Gasteiger partial charge in [0.1, 0.15) is 0 Å². The molecular weight excluding hydrogens is 242 g/mol. The van der Waals surface area contributed by atoms with E-state index in [-0.39, 0.29) is 6.04 Å². The number of benzene rings is 2. The first-order valence-electron chi connectivity index (χ1n) is 7.40. The van der Waals surface area contributed by atoms with Crippen molar-refractivity contribution in [3.8, 4) is 0 Å². The molecule has 106 valence electrons. The molecule has 0 spiro atoms. The maximum atomic E-state index is 3.62. The van der Waals surface area contributed by atoms with Crippen molar-refractivity contribution in [1.82, 2.24) is 5.32 Å². The van der Waals surface area contributed by atoms with Gasteiger partial charge in [-0.3, -0.25) is 0 Å². The van der Waals surface area contributed by atoms with Gasteiger partial charge in [0.15, 0.2) is 0 Å². The van der Waals surface area contributed by atoms with Crippen molar-refractivity contribution >= 4 is 0 Å². The molecule has 20 heavy (non-hydrogen) atoms. The van der Waals surface area contributed by atoms with Gasteiger partial charge >= 0.3 is 0 Å². The van der Waals surface area contributed by atoms with Crippen LogP contribution in [0, 0.1) is 27.7 Å². The number of rotatable bonds is 4. The lowest BCUT2D eigenvalue weighted by Gasteiger charge is -2.21. The molecule has 1 nitrogen and oxygen atoms in total. The lowest BCUT2D eigenvalue weighted by atomic mass is 9.93. The summed E-state index contributed by atoms with van der Waals surface area (Å²) in [7, 11) is 0. The number of hydrogen-bond donors (Lipinski definition) is 1. The topological polar surface area (TPSA) is 12.0 Å². The second kappa shape index (κ2) is 6.23. The normalized spacial score (nSPS) is 12.4. The van der Waals surface area contributed by atoms with Crippen LogP contribution in [0.15, 0.2) is 36.4 Å². The predicted molar refractivity (Wildman–Crippen MR) is 87.4 cm³/mol. The van der Waals surface area contributed by atoms with Crippen molar-refractivity contribution in [2.24, 2.45) is 0 Å². The number of nitrogens with one attached hydrogen (secondary N) is 1. The SMILES string of the molecule is CCNC(c1cc(C)cc(C)c1)c1ccc(C)c(C)c1. The Morgan fingerprint density at radius 2 is 1.45 bits per heavy atom. The first kappa shape index (κ1) is 14.8. The summed E-state index contributed by atoms with van der Waals surface area (Å²) in [5, 5.41) is 3.62. The lowest BCUT2D eigenvalue weighted by Crippen LogP contribution is -2.22. The van der Waals surface area contributed by atoms with Gasteiger partial charge in [0.2, 0.25) is 0 Å². The monoisotopic (exact) mass is 267 g/mol. The quantitative estimate of drug-likeness (QED) is 0.852. The molecule has 0 heterocycles. The van der Waals surface area contributed by atoms with Crippen molar-refractivity contribution in [2.75, 3.05) is 6.54 Å². The molecule has 1 unspecified atom stereocenters. The van der Waals surface area contributed by atoms with E-state index < -0.39 is 0 Å². The van der Waals surface area contributed by atoms with Crippen LogP contribution < -0.4 is 5.32 Å². The number of aryl methyl sites for hydroxylation is 4. The van der Waals surface area contributed by atoms with Crippen LogP contribution in [0.5, 0.6) is 0 Å². The fourth-order valence-electron chi connectivity index (χ4n) is 2.75. The minimum Gasteiger partial charge on any atom is -0.307 e. The zero-order valence-electron chi connectivity index (χ0n) is 13.2. The molecule has 0 saturated carbocycles. The minimum atomic E-state index is 0.276. The highest BCUT2D eigenvalue weighted by Gasteiger charge is 2.14. The van der Waals surface area contributed by atoms with Gasteiger partial charge in [-0.05, 0) is 56.5 Å². The van der Waals surface area contributed by atoms with Gasteiger partial charge in [-0.1, -0.05) is 54.4 Å². The second-order valence-corrected chi connectivity index (χ2v) is 5.76. The van der Waals surface area contributed by atoms with Crippen LogP contribution >= 0.6 is 0 Å². The average Bonchev–Trinajstić information content (AvgIpc) is 2.38. The van der Waals surface area contributed by atoms with E-state index in [1.54, 1.807) is 0 Å². The Balaban J connectivity index is 2.46. The third-order valence-electron chi connectivity index (χ3n) is 3.85. The highest BCUT2D eigenvalue weighted by atomic mass is 14.9. The van der Waals surface area contributed by atoms with Crippen molar-refractivity contribution in [3.63, 3.8) is 0 Å². The Hall–Kier alpha value is -1.60. The lowest BCUT2D eigenvalue weighted by molar-refractivity contribution is 0.629. The first-order valence-corrected chi connectivity index (χ1v) is 7.40. The molecule has 0 amide bonds. The summed E-state index contributed by atoms with van der Waals surface area (Å²) >= 11 is 0. The van der Waals surface area contributed by atoms with E-state index in [2.05, 4.69) is 76.3 Å². The molecule has 0 aromatic heterocycles. The molecule has 0 aliphatic heterocycles. The van der Waals surface area contributed by atoms with Gasteiger partial charge in [0.05, 0.1) is 6.04 Å². The largest absolute Gasteiger partial charge is 0.307 e. The summed E-state index contributed by atoms with van der Waals surface area (Å²) in [6.07, 6.45) is 0. The van der Waals surface area contributed by atoms with Crippen LogP contribution in [0.4, 0.5) is 0 Å². The van der Waals surface area contributed by atoms with Gasteiger partial charge < -0.3 is 5.32 Å². The van der Waals surface area contributed by atoms with E-state index in [4.69, 9.17) is 0 Å². The molecule has 1 heteroatoms. The molecular formula is C19H25N. The van der Waals surface area contributed by atoms with Gasteiger partial charge in [-0.25, -0.2) is 0 Å². The molecule has 1 N–H and O–H groups in total. The third-order valence-corrected chi connectivity index (χ3v) is 3.85. The maximum Gasteiger partial charge on any atom is 0.0576 e. The van der Waals surface area contributed by atoms with E-state index in [1.165, 1.54) is 33.4 Å². The van der Waals surface area contributed by atoms with E-state index in [1.807, 2.05) is 0 Å². The summed E-state index contributed by atoms with van der Waals surface area (Å²) in [5.41, 5.74) is 8.06. The maximum absolute atomic E-state index is 3.62. The molecule has 2 aromatic rings. The highest BCUT2D eigenvalue weighted by molar-refractivity contribution is 5.39. The summed E-state index contributed by atoms with van der Waals surface area (Å²) in [6.45, 7) is 11.8. The average molecular weight is 267 g/mol. The molecule has 2 rings (SSSR count). The van der Waals surface area contributed by atoms with Crippen molar-refractivity contribution in [1.29, 1.82) is 0 Å². The molecule has 0 fully saturated rings. The smallest absolute Gasteiger partial charge is 0.0576 e. The molecule has 0 bridgehead atoms. The van der Waals surface area contributed by atoms with Crippen LogP contribution in [0.2, 0.25) is 0 Å². The Morgan fingerprint density at radius 1 is 0.800 bits per heavy atom. The fourth-order valence-corrected chi connectivity index (χ4v) is 2.75. The highest BCUT2D eigenvalue weighted by Crippen LogP contribution is 2.25. The van der Waals surface area contributed by atoms with Crippen LogP contribution in [0.1, 0.15) is 46.3 Å². The van der Waals surface area contributed by atoms with Crippen LogP contribution in [0.3, 0.4) is 0 Å². The molecule has 0 aliphatic carbocycles. The van der Waals surface area contributed by atoms with Crippen LogP contribution in [-0.2, 0) is 0 Å². The predicted octanol–water partition coefficient (Wildman–Crippen LogP) is 4.62. The zero-order valence-corrected chi connectivity index (χ0v) is 13.2. The summed E-state index contributed by atoms with van der Waals surface area (Å²) in [6, 6.07) is 13.8. The van der Waals surface area contributed by atoms with Crippen molar-refractivity contribution in [3.05, 3.63) is 69.8 Å². The van der Waals surface area contributed by atoms with E-state index in [9.17, 15) is 0 Å². The van der Waals surface area contributed by atoms with E-state index in [0.717, 1.165) is 6.54 Å². The summed E-state index contributed by atoms with van der Waals surface area (Å²) in [5.74, 6) is 0. The van der Waals surface area contributed by atoms with Gasteiger partial charge in [-0.15, -0.1) is 0 Å². The molecule has 2 aromatic carbocycles.